The highest BCUT2D eigenvalue weighted by molar-refractivity contribution is 4.93. The van der Waals surface area contributed by atoms with Gasteiger partial charge in [0.25, 0.3) is 0 Å². The summed E-state index contributed by atoms with van der Waals surface area (Å²) in [4.78, 5) is 0. The summed E-state index contributed by atoms with van der Waals surface area (Å²) in [5.41, 5.74) is 0.602. The fourth-order valence-corrected chi connectivity index (χ4v) is 3.55. The molecule has 2 bridgehead atoms. The van der Waals surface area contributed by atoms with Gasteiger partial charge in [0.15, 0.2) is 0 Å². The van der Waals surface area contributed by atoms with Crippen LogP contribution in [0.3, 0.4) is 0 Å². The molecule has 82 valence electrons. The molecule has 1 saturated heterocycles. The Hall–Kier alpha value is -0.0400. The smallest absolute Gasteiger partial charge is 0.00151 e. The molecule has 2 rings (SSSR count). The van der Waals surface area contributed by atoms with Crippen LogP contribution in [0.25, 0.3) is 0 Å². The van der Waals surface area contributed by atoms with Gasteiger partial charge < -0.3 is 5.32 Å². The van der Waals surface area contributed by atoms with Crippen LogP contribution in [-0.2, 0) is 0 Å². The maximum Gasteiger partial charge on any atom is -0.00151 e. The number of nitrogens with one attached hydrogen (secondary N) is 1. The molecule has 14 heavy (non-hydrogen) atoms. The SMILES string of the molecule is CC(C)C1(C)CC2CCCC1CNC2. The average molecular weight is 195 g/mol. The topological polar surface area (TPSA) is 12.0 Å². The van der Waals surface area contributed by atoms with Crippen LogP contribution in [0.5, 0.6) is 0 Å². The minimum Gasteiger partial charge on any atom is -0.316 e. The molecule has 0 spiro atoms. The van der Waals surface area contributed by atoms with E-state index in [4.69, 9.17) is 0 Å². The van der Waals surface area contributed by atoms with Gasteiger partial charge in [-0.25, -0.2) is 0 Å². The predicted molar refractivity (Wildman–Crippen MR) is 61.3 cm³/mol. The summed E-state index contributed by atoms with van der Waals surface area (Å²) in [6.45, 7) is 9.92. The molecular formula is C13H25N. The quantitative estimate of drug-likeness (QED) is 0.678. The molecule has 3 unspecified atom stereocenters. The molecule has 2 fully saturated rings. The Balaban J connectivity index is 2.23. The normalized spacial score (nSPS) is 43.7. The molecule has 1 aliphatic heterocycles. The van der Waals surface area contributed by atoms with Gasteiger partial charge in [-0.1, -0.05) is 27.2 Å². The van der Waals surface area contributed by atoms with Gasteiger partial charge in [0.05, 0.1) is 0 Å². The lowest BCUT2D eigenvalue weighted by atomic mass is 9.66. The Morgan fingerprint density at radius 3 is 2.71 bits per heavy atom. The van der Waals surface area contributed by atoms with Crippen LogP contribution in [-0.4, -0.2) is 13.1 Å². The molecule has 1 nitrogen and oxygen atoms in total. The molecule has 1 saturated carbocycles. The molecule has 1 heterocycles. The lowest BCUT2D eigenvalue weighted by Crippen LogP contribution is -2.36. The van der Waals surface area contributed by atoms with Gasteiger partial charge in [-0.2, -0.15) is 0 Å². The van der Waals surface area contributed by atoms with E-state index in [1.165, 1.54) is 38.8 Å². The fourth-order valence-electron chi connectivity index (χ4n) is 3.55. The van der Waals surface area contributed by atoms with Crippen LogP contribution in [0.4, 0.5) is 0 Å². The summed E-state index contributed by atoms with van der Waals surface area (Å²) >= 11 is 0. The molecule has 1 aliphatic carbocycles. The van der Waals surface area contributed by atoms with Crippen molar-refractivity contribution >= 4 is 0 Å². The molecule has 2 aliphatic rings. The maximum absolute atomic E-state index is 3.66. The molecule has 0 aromatic heterocycles. The largest absolute Gasteiger partial charge is 0.316 e. The van der Waals surface area contributed by atoms with E-state index in [1.54, 1.807) is 0 Å². The second-order valence-corrected chi connectivity index (χ2v) is 6.02. The maximum atomic E-state index is 3.66. The Labute approximate surface area is 88.7 Å². The van der Waals surface area contributed by atoms with E-state index in [0.717, 1.165) is 17.8 Å². The zero-order chi connectivity index (χ0) is 10.2. The second kappa shape index (κ2) is 3.84. The molecule has 1 N–H and O–H groups in total. The van der Waals surface area contributed by atoms with Crippen LogP contribution >= 0.6 is 0 Å². The minimum atomic E-state index is 0.602. The molecule has 0 amide bonds. The highest BCUT2D eigenvalue weighted by Crippen LogP contribution is 2.47. The zero-order valence-electron chi connectivity index (χ0n) is 9.97. The van der Waals surface area contributed by atoms with Crippen molar-refractivity contribution in [3.8, 4) is 0 Å². The monoisotopic (exact) mass is 195 g/mol. The van der Waals surface area contributed by atoms with Gasteiger partial charge in [0, 0.05) is 0 Å². The highest BCUT2D eigenvalue weighted by Gasteiger charge is 2.41. The average Bonchev–Trinajstić information content (AvgIpc) is 2.32. The summed E-state index contributed by atoms with van der Waals surface area (Å²) in [5, 5.41) is 3.66. The molecule has 0 radical (unpaired) electrons. The highest BCUT2D eigenvalue weighted by atomic mass is 14.9. The van der Waals surface area contributed by atoms with Crippen molar-refractivity contribution in [1.29, 1.82) is 0 Å². The van der Waals surface area contributed by atoms with E-state index in [1.807, 2.05) is 0 Å². The van der Waals surface area contributed by atoms with E-state index in [2.05, 4.69) is 26.1 Å². The summed E-state index contributed by atoms with van der Waals surface area (Å²) in [7, 11) is 0. The van der Waals surface area contributed by atoms with Gasteiger partial charge in [-0.05, 0) is 55.5 Å². The zero-order valence-corrected chi connectivity index (χ0v) is 9.97. The van der Waals surface area contributed by atoms with E-state index in [0.29, 0.717) is 5.41 Å². The fraction of sp³-hybridized carbons (Fsp3) is 1.00. The van der Waals surface area contributed by atoms with Gasteiger partial charge >= 0.3 is 0 Å². The summed E-state index contributed by atoms with van der Waals surface area (Å²) < 4.78 is 0. The first-order valence-corrected chi connectivity index (χ1v) is 6.33. The first-order valence-electron chi connectivity index (χ1n) is 6.33. The Kier molecular flexibility index (Phi) is 2.88. The van der Waals surface area contributed by atoms with Crippen molar-refractivity contribution in [2.45, 2.75) is 46.5 Å². The molecular weight excluding hydrogens is 170 g/mol. The summed E-state index contributed by atoms with van der Waals surface area (Å²) in [5.74, 6) is 2.72. The van der Waals surface area contributed by atoms with Crippen LogP contribution in [0, 0.1) is 23.2 Å². The lowest BCUT2D eigenvalue weighted by Gasteiger charge is -2.39. The number of hydrogen-bond acceptors (Lipinski definition) is 1. The number of fused-ring (bicyclic) bond motifs is 3. The van der Waals surface area contributed by atoms with Crippen molar-refractivity contribution in [2.24, 2.45) is 23.2 Å². The standard InChI is InChI=1S/C13H25N/c1-10(2)13(3)7-11-5-4-6-12(13)9-14-8-11/h10-12,14H,4-9H2,1-3H3. The van der Waals surface area contributed by atoms with Gasteiger partial charge in [-0.3, -0.25) is 0 Å². The van der Waals surface area contributed by atoms with E-state index >= 15 is 0 Å². The molecule has 0 aromatic carbocycles. The Bertz CT molecular complexity index is 189. The molecule has 1 heteroatoms. The Morgan fingerprint density at radius 2 is 2.00 bits per heavy atom. The van der Waals surface area contributed by atoms with E-state index in [-0.39, 0.29) is 0 Å². The third-order valence-electron chi connectivity index (χ3n) is 4.97. The van der Waals surface area contributed by atoms with Gasteiger partial charge in [0.1, 0.15) is 0 Å². The van der Waals surface area contributed by atoms with Crippen molar-refractivity contribution in [3.05, 3.63) is 0 Å². The minimum absolute atomic E-state index is 0.602. The molecule has 3 atom stereocenters. The van der Waals surface area contributed by atoms with Crippen LogP contribution < -0.4 is 5.32 Å². The van der Waals surface area contributed by atoms with Crippen LogP contribution in [0.1, 0.15) is 46.5 Å². The Morgan fingerprint density at radius 1 is 1.21 bits per heavy atom. The third-order valence-corrected chi connectivity index (χ3v) is 4.97. The number of hydrogen-bond donors (Lipinski definition) is 1. The lowest BCUT2D eigenvalue weighted by molar-refractivity contribution is 0.103. The predicted octanol–water partition coefficient (Wildman–Crippen LogP) is 3.06. The summed E-state index contributed by atoms with van der Waals surface area (Å²) in [6, 6.07) is 0. The van der Waals surface area contributed by atoms with Crippen LogP contribution in [0.2, 0.25) is 0 Å². The number of rotatable bonds is 1. The van der Waals surface area contributed by atoms with Gasteiger partial charge in [0.2, 0.25) is 0 Å². The second-order valence-electron chi connectivity index (χ2n) is 6.02. The van der Waals surface area contributed by atoms with Crippen molar-refractivity contribution in [2.75, 3.05) is 13.1 Å². The van der Waals surface area contributed by atoms with Crippen molar-refractivity contribution in [1.82, 2.24) is 5.32 Å². The summed E-state index contributed by atoms with van der Waals surface area (Å²) in [6.07, 6.45) is 5.85. The van der Waals surface area contributed by atoms with Crippen LogP contribution in [0.15, 0.2) is 0 Å². The molecule has 0 aromatic rings. The van der Waals surface area contributed by atoms with E-state index < -0.39 is 0 Å². The first-order chi connectivity index (χ1) is 6.63. The first kappa shape index (κ1) is 10.5. The van der Waals surface area contributed by atoms with Crippen molar-refractivity contribution < 1.29 is 0 Å². The van der Waals surface area contributed by atoms with E-state index in [9.17, 15) is 0 Å². The van der Waals surface area contributed by atoms with Crippen molar-refractivity contribution in [3.63, 3.8) is 0 Å². The van der Waals surface area contributed by atoms with Gasteiger partial charge in [-0.15, -0.1) is 0 Å². The third kappa shape index (κ3) is 1.71.